The van der Waals surface area contributed by atoms with Gasteiger partial charge in [-0.1, -0.05) is 13.2 Å². The van der Waals surface area contributed by atoms with Gasteiger partial charge in [-0.05, 0) is 26.7 Å². The Balaban J connectivity index is 0. The zero-order chi connectivity index (χ0) is 19.0. The lowest BCUT2D eigenvalue weighted by Gasteiger charge is -2.23. The highest BCUT2D eigenvalue weighted by atomic mass is 28.4. The van der Waals surface area contributed by atoms with Gasteiger partial charge in [0.05, 0.1) is 13.2 Å². The maximum absolute atomic E-state index is 10.7. The molecule has 0 N–H and O–H groups in total. The molecule has 0 unspecified atom stereocenters. The van der Waals surface area contributed by atoms with Crippen LogP contribution in [0.3, 0.4) is 0 Å². The second-order valence-corrected chi connectivity index (χ2v) is 7.63. The van der Waals surface area contributed by atoms with E-state index in [1.54, 1.807) is 28.3 Å². The van der Waals surface area contributed by atoms with Gasteiger partial charge in [0.2, 0.25) is 0 Å². The molecule has 0 saturated heterocycles. The van der Waals surface area contributed by atoms with E-state index in [4.69, 9.17) is 18.0 Å². The van der Waals surface area contributed by atoms with Crippen molar-refractivity contribution >= 4 is 20.7 Å². The summed E-state index contributed by atoms with van der Waals surface area (Å²) in [6, 6.07) is 0.612. The van der Waals surface area contributed by atoms with E-state index in [2.05, 4.69) is 24.8 Å². The van der Waals surface area contributed by atoms with Crippen LogP contribution in [-0.2, 0) is 32.3 Å². The zero-order valence-electron chi connectivity index (χ0n) is 15.1. The van der Waals surface area contributed by atoms with Crippen molar-refractivity contribution in [3.63, 3.8) is 0 Å². The number of hydrogen-bond donors (Lipinski definition) is 0. The Morgan fingerprint density at radius 2 is 1.58 bits per heavy atom. The summed E-state index contributed by atoms with van der Waals surface area (Å²) in [5.41, 5.74) is 0.434. The van der Waals surface area contributed by atoms with Crippen LogP contribution in [0, 0.1) is 6.92 Å². The van der Waals surface area contributed by atoms with Crippen LogP contribution in [0.4, 0.5) is 0 Å². The van der Waals surface area contributed by atoms with E-state index in [9.17, 15) is 9.59 Å². The van der Waals surface area contributed by atoms with Crippen molar-refractivity contribution in [2.75, 3.05) is 34.5 Å². The molecule has 0 aliphatic rings. The Bertz CT molecular complexity index is 384. The van der Waals surface area contributed by atoms with Crippen molar-refractivity contribution in [2.45, 2.75) is 25.8 Å². The smallest absolute Gasteiger partial charge is 0.463 e. The minimum Gasteiger partial charge on any atom is -0.463 e. The van der Waals surface area contributed by atoms with Crippen LogP contribution < -0.4 is 0 Å². The summed E-state index contributed by atoms with van der Waals surface area (Å²) >= 11 is 0. The van der Waals surface area contributed by atoms with E-state index in [0.29, 0.717) is 37.7 Å². The molecule has 0 fully saturated rings. The van der Waals surface area contributed by atoms with Crippen LogP contribution in [0.2, 0.25) is 6.04 Å². The number of esters is 2. The van der Waals surface area contributed by atoms with Crippen molar-refractivity contribution in [1.29, 1.82) is 0 Å². The minimum absolute atomic E-state index is 0.315. The number of carbonyl (C=O) groups excluding carboxylic acids is 2. The van der Waals surface area contributed by atoms with Crippen LogP contribution in [-0.4, -0.2) is 55.3 Å². The van der Waals surface area contributed by atoms with Crippen LogP contribution >= 0.6 is 0 Å². The first-order chi connectivity index (χ1) is 11.3. The molecule has 0 atom stereocenters. The van der Waals surface area contributed by atoms with E-state index in [1.807, 2.05) is 0 Å². The molecule has 8 heteroatoms. The molecule has 139 valence electrons. The third-order valence-electron chi connectivity index (χ3n) is 2.70. The van der Waals surface area contributed by atoms with Crippen LogP contribution in [0.1, 0.15) is 19.8 Å². The molecule has 0 aliphatic heterocycles. The summed E-state index contributed by atoms with van der Waals surface area (Å²) in [6.45, 7) is 12.5. The molecule has 0 spiro atoms. The second kappa shape index (κ2) is 15.1. The van der Waals surface area contributed by atoms with Gasteiger partial charge in [-0.25, -0.2) is 9.59 Å². The van der Waals surface area contributed by atoms with Crippen molar-refractivity contribution in [2.24, 2.45) is 0 Å². The molecular weight excluding hydrogens is 332 g/mol. The third kappa shape index (κ3) is 12.0. The SMILES string of the molecule is C=CC(=O)OCCC[Si](OC)(OC)OC.[CH2]CCOC(=O)C(=C)C. The molecule has 0 aromatic carbocycles. The van der Waals surface area contributed by atoms with E-state index < -0.39 is 14.8 Å². The predicted molar refractivity (Wildman–Crippen MR) is 93.1 cm³/mol. The van der Waals surface area contributed by atoms with E-state index in [0.717, 1.165) is 6.08 Å². The quantitative estimate of drug-likeness (QED) is 0.242. The van der Waals surface area contributed by atoms with Crippen molar-refractivity contribution in [1.82, 2.24) is 0 Å². The lowest BCUT2D eigenvalue weighted by molar-refractivity contribution is -0.139. The van der Waals surface area contributed by atoms with Crippen molar-refractivity contribution in [3.05, 3.63) is 31.7 Å². The van der Waals surface area contributed by atoms with Gasteiger partial charge in [0.15, 0.2) is 0 Å². The fourth-order valence-corrected chi connectivity index (χ4v) is 3.05. The first-order valence-electron chi connectivity index (χ1n) is 7.38. The maximum atomic E-state index is 10.7. The van der Waals surface area contributed by atoms with Gasteiger partial charge in [0, 0.05) is 39.0 Å². The molecule has 1 radical (unpaired) electrons. The number of hydrogen-bond acceptors (Lipinski definition) is 7. The Hall–Kier alpha value is -1.48. The first-order valence-corrected chi connectivity index (χ1v) is 9.32. The van der Waals surface area contributed by atoms with E-state index in [1.165, 1.54) is 0 Å². The summed E-state index contributed by atoms with van der Waals surface area (Å²) in [4.78, 5) is 21.3. The number of carbonyl (C=O) groups is 2. The largest absolute Gasteiger partial charge is 0.500 e. The minimum atomic E-state index is -2.52. The van der Waals surface area contributed by atoms with Gasteiger partial charge in [-0.3, -0.25) is 0 Å². The lowest BCUT2D eigenvalue weighted by atomic mass is 10.4. The standard InChI is InChI=1S/C9H18O5Si.C7H11O2/c1-5-9(10)14-7-6-8-15(11-2,12-3)13-4;1-4-5-9-7(8)6(2)3/h5H,1,6-8H2,2-4H3;1-2,4-5H2,3H3. The molecule has 0 rings (SSSR count). The molecule has 0 saturated carbocycles. The average molecular weight is 361 g/mol. The molecule has 0 bridgehead atoms. The van der Waals surface area contributed by atoms with E-state index in [-0.39, 0.29) is 5.97 Å². The van der Waals surface area contributed by atoms with E-state index >= 15 is 0 Å². The van der Waals surface area contributed by atoms with Gasteiger partial charge in [-0.2, -0.15) is 0 Å². The highest BCUT2D eigenvalue weighted by molar-refractivity contribution is 6.60. The van der Waals surface area contributed by atoms with Crippen LogP contribution in [0.25, 0.3) is 0 Å². The fourth-order valence-electron chi connectivity index (χ4n) is 1.36. The summed E-state index contributed by atoms with van der Waals surface area (Å²) in [5, 5.41) is 0. The topological polar surface area (TPSA) is 80.3 Å². The van der Waals surface area contributed by atoms with Gasteiger partial charge < -0.3 is 22.8 Å². The van der Waals surface area contributed by atoms with Gasteiger partial charge in [-0.15, -0.1) is 0 Å². The normalized spacial score (nSPS) is 10.2. The molecule has 0 aromatic heterocycles. The van der Waals surface area contributed by atoms with Gasteiger partial charge >= 0.3 is 20.7 Å². The highest BCUT2D eigenvalue weighted by Gasteiger charge is 2.36. The van der Waals surface area contributed by atoms with Crippen LogP contribution in [0.15, 0.2) is 24.8 Å². The maximum Gasteiger partial charge on any atom is 0.500 e. The van der Waals surface area contributed by atoms with Gasteiger partial charge in [0.1, 0.15) is 0 Å². The van der Waals surface area contributed by atoms with Crippen molar-refractivity contribution in [3.8, 4) is 0 Å². The second-order valence-electron chi connectivity index (χ2n) is 4.54. The Morgan fingerprint density at radius 3 is 1.96 bits per heavy atom. The fraction of sp³-hybridized carbons (Fsp3) is 0.562. The summed E-state index contributed by atoms with van der Waals surface area (Å²) in [5.74, 6) is -0.756. The lowest BCUT2D eigenvalue weighted by Crippen LogP contribution is -2.42. The molecule has 0 heterocycles. The highest BCUT2D eigenvalue weighted by Crippen LogP contribution is 2.14. The summed E-state index contributed by atoms with van der Waals surface area (Å²) in [6.07, 6.45) is 2.38. The molecular formula is C16H29O7Si. The molecule has 0 amide bonds. The average Bonchev–Trinajstić information content (AvgIpc) is 2.60. The number of rotatable bonds is 11. The third-order valence-corrected chi connectivity index (χ3v) is 5.53. The number of ether oxygens (including phenoxy) is 2. The molecule has 0 aromatic rings. The molecule has 24 heavy (non-hydrogen) atoms. The Kier molecular flexibility index (Phi) is 15.5. The van der Waals surface area contributed by atoms with Crippen LogP contribution in [0.5, 0.6) is 0 Å². The summed E-state index contributed by atoms with van der Waals surface area (Å²) < 4.78 is 25.1. The Morgan fingerprint density at radius 1 is 1.04 bits per heavy atom. The zero-order valence-corrected chi connectivity index (χ0v) is 16.1. The molecule has 0 aliphatic carbocycles. The van der Waals surface area contributed by atoms with Gasteiger partial charge in [0.25, 0.3) is 0 Å². The van der Waals surface area contributed by atoms with Crippen molar-refractivity contribution < 1.29 is 32.3 Å². The predicted octanol–water partition coefficient (Wildman–Crippen LogP) is 2.31. The first kappa shape index (κ1) is 24.8. The molecule has 7 nitrogen and oxygen atoms in total. The monoisotopic (exact) mass is 361 g/mol. The Labute approximate surface area is 145 Å². The summed E-state index contributed by atoms with van der Waals surface area (Å²) in [7, 11) is 2.13.